The van der Waals surface area contributed by atoms with Gasteiger partial charge in [0.15, 0.2) is 12.4 Å². The minimum absolute atomic E-state index is 0.0399. The van der Waals surface area contributed by atoms with Gasteiger partial charge in [0.2, 0.25) is 0 Å². The lowest BCUT2D eigenvalue weighted by molar-refractivity contribution is -0.153. The molecule has 1 heterocycles. The molecule has 3 aromatic rings. The molecule has 0 aliphatic rings. The second-order valence-corrected chi connectivity index (χ2v) is 9.87. The molecule has 0 unspecified atom stereocenters. The lowest BCUT2D eigenvalue weighted by Crippen LogP contribution is -2.32. The first-order valence-electron chi connectivity index (χ1n) is 10.3. The number of methoxy groups -OCH3 is 1. The molecule has 0 N–H and O–H groups in total. The van der Waals surface area contributed by atoms with E-state index in [1.54, 1.807) is 0 Å². The number of aromatic nitrogens is 1. The molecule has 0 bridgehead atoms. The third-order valence-corrected chi connectivity index (χ3v) is 6.93. The summed E-state index contributed by atoms with van der Waals surface area (Å²) in [5, 5.41) is -0.625. The van der Waals surface area contributed by atoms with E-state index in [2.05, 4.69) is 14.5 Å². The highest BCUT2D eigenvalue weighted by Gasteiger charge is 2.34. The summed E-state index contributed by atoms with van der Waals surface area (Å²) >= 11 is 6.03. The van der Waals surface area contributed by atoms with Gasteiger partial charge in [0.05, 0.1) is 34.7 Å². The second-order valence-electron chi connectivity index (χ2n) is 7.60. The Morgan fingerprint density at radius 3 is 2.11 bits per heavy atom. The molecule has 0 radical (unpaired) electrons. The number of halogens is 7. The van der Waals surface area contributed by atoms with Gasteiger partial charge in [-0.3, -0.25) is 0 Å². The van der Waals surface area contributed by atoms with Crippen LogP contribution in [0, 0.1) is 0 Å². The fourth-order valence-electron chi connectivity index (χ4n) is 3.07. The minimum atomic E-state index is -4.80. The van der Waals surface area contributed by atoms with Crippen LogP contribution in [0.1, 0.15) is 21.5 Å². The molecule has 0 fully saturated rings. The van der Waals surface area contributed by atoms with E-state index in [0.717, 1.165) is 19.2 Å². The first-order valence-corrected chi connectivity index (χ1v) is 12.2. The Labute approximate surface area is 217 Å². The highest BCUT2D eigenvalue weighted by Crippen LogP contribution is 2.36. The first kappa shape index (κ1) is 29.0. The van der Waals surface area contributed by atoms with Gasteiger partial charge in [-0.25, -0.2) is 22.5 Å². The van der Waals surface area contributed by atoms with Crippen LogP contribution in [-0.4, -0.2) is 39.3 Å². The van der Waals surface area contributed by atoms with Crippen molar-refractivity contribution >= 4 is 33.4 Å². The predicted molar refractivity (Wildman–Crippen MR) is 123 cm³/mol. The van der Waals surface area contributed by atoms with Crippen LogP contribution in [0.3, 0.4) is 0 Å². The molecule has 1 aromatic heterocycles. The average Bonchev–Trinajstić information content (AvgIpc) is 2.85. The van der Waals surface area contributed by atoms with Crippen molar-refractivity contribution < 1.29 is 49.0 Å². The summed E-state index contributed by atoms with van der Waals surface area (Å²) in [5.74, 6) is -1.41. The fourth-order valence-corrected chi connectivity index (χ4v) is 4.82. The van der Waals surface area contributed by atoms with Gasteiger partial charge in [0.25, 0.3) is 10.0 Å². The number of rotatable bonds is 8. The number of esters is 1. The number of carbonyl (C=O) groups is 1. The topological polar surface area (TPSA) is 85.8 Å². The van der Waals surface area contributed by atoms with Gasteiger partial charge < -0.3 is 9.47 Å². The first-order chi connectivity index (χ1) is 17.6. The monoisotopic (exact) mass is 582 g/mol. The van der Waals surface area contributed by atoms with Gasteiger partial charge in [-0.1, -0.05) is 23.7 Å². The van der Waals surface area contributed by atoms with Gasteiger partial charge in [-0.05, 0) is 48.0 Å². The van der Waals surface area contributed by atoms with Crippen LogP contribution in [0.2, 0.25) is 5.02 Å². The summed E-state index contributed by atoms with van der Waals surface area (Å²) in [6.07, 6.45) is -8.95. The Morgan fingerprint density at radius 1 is 1.00 bits per heavy atom. The number of ether oxygens (including phenoxy) is 2. The summed E-state index contributed by atoms with van der Waals surface area (Å²) in [4.78, 5) is 15.0. The zero-order valence-electron chi connectivity index (χ0n) is 19.2. The van der Waals surface area contributed by atoms with Crippen molar-refractivity contribution in [2.45, 2.75) is 23.8 Å². The third kappa shape index (κ3) is 7.07. The zero-order chi connectivity index (χ0) is 28.3. The number of pyridine rings is 1. The smallest absolute Gasteiger partial charge is 0.422 e. The van der Waals surface area contributed by atoms with E-state index in [9.17, 15) is 39.6 Å². The molecule has 3 rings (SSSR count). The van der Waals surface area contributed by atoms with E-state index in [0.29, 0.717) is 16.6 Å². The van der Waals surface area contributed by atoms with E-state index in [1.807, 2.05) is 0 Å². The van der Waals surface area contributed by atoms with Crippen molar-refractivity contribution in [3.05, 3.63) is 82.5 Å². The maximum absolute atomic E-state index is 13.5. The molecule has 204 valence electrons. The van der Waals surface area contributed by atoms with Gasteiger partial charge in [-0.15, -0.1) is 0 Å². The Bertz CT molecular complexity index is 1400. The lowest BCUT2D eigenvalue weighted by Gasteiger charge is -2.25. The van der Waals surface area contributed by atoms with Gasteiger partial charge >= 0.3 is 18.3 Å². The van der Waals surface area contributed by atoms with Crippen LogP contribution in [0.25, 0.3) is 0 Å². The van der Waals surface area contributed by atoms with Crippen LogP contribution >= 0.6 is 11.6 Å². The van der Waals surface area contributed by atoms with Gasteiger partial charge in [0.1, 0.15) is 5.75 Å². The number of hydrogen-bond donors (Lipinski definition) is 0. The Kier molecular flexibility index (Phi) is 8.46. The minimum Gasteiger partial charge on any atom is -0.484 e. The van der Waals surface area contributed by atoms with E-state index in [-0.39, 0.29) is 21.8 Å². The molecule has 0 saturated carbocycles. The highest BCUT2D eigenvalue weighted by atomic mass is 35.5. The SMILES string of the molecule is COC(=O)c1ccc(S(=O)(=O)N(Cc2ccc(OCC(F)(F)F)cc2)c2ncc(C(F)(F)F)cc2Cl)cc1. The Hall–Kier alpha value is -3.52. The maximum atomic E-state index is 13.5. The summed E-state index contributed by atoms with van der Waals surface area (Å²) < 4.78 is 113. The summed E-state index contributed by atoms with van der Waals surface area (Å²) in [6.45, 7) is -2.06. The number of anilines is 1. The van der Waals surface area contributed by atoms with Crippen LogP contribution in [-0.2, 0) is 27.5 Å². The van der Waals surface area contributed by atoms with E-state index in [4.69, 9.17) is 11.6 Å². The molecule has 0 aliphatic carbocycles. The quantitative estimate of drug-likeness (QED) is 0.244. The molecule has 0 atom stereocenters. The number of nitrogens with zero attached hydrogens (tertiary/aromatic N) is 2. The average molecular weight is 583 g/mol. The van der Waals surface area contributed by atoms with E-state index in [1.165, 1.54) is 36.4 Å². The second kappa shape index (κ2) is 11.1. The normalized spacial score (nSPS) is 12.2. The molecule has 0 spiro atoms. The molecule has 38 heavy (non-hydrogen) atoms. The Balaban J connectivity index is 2.02. The molecule has 2 aromatic carbocycles. The van der Waals surface area contributed by atoms with Crippen molar-refractivity contribution in [2.75, 3.05) is 18.0 Å². The molecule has 0 saturated heterocycles. The highest BCUT2D eigenvalue weighted by molar-refractivity contribution is 7.92. The molecule has 0 aliphatic heterocycles. The van der Waals surface area contributed by atoms with E-state index >= 15 is 0 Å². The number of benzene rings is 2. The number of hydrogen-bond acceptors (Lipinski definition) is 6. The van der Waals surface area contributed by atoms with Gasteiger partial charge in [-0.2, -0.15) is 26.3 Å². The fraction of sp³-hybridized carbons (Fsp3) is 0.217. The molecule has 0 amide bonds. The van der Waals surface area contributed by atoms with Crippen molar-refractivity contribution in [3.63, 3.8) is 0 Å². The Morgan fingerprint density at radius 2 is 1.61 bits per heavy atom. The van der Waals surface area contributed by atoms with Crippen molar-refractivity contribution in [1.82, 2.24) is 4.98 Å². The van der Waals surface area contributed by atoms with Crippen LogP contribution in [0.15, 0.2) is 65.7 Å². The zero-order valence-corrected chi connectivity index (χ0v) is 20.7. The van der Waals surface area contributed by atoms with Gasteiger partial charge in [0, 0.05) is 6.20 Å². The molecular formula is C23H17ClF6N2O5S. The van der Waals surface area contributed by atoms with Crippen LogP contribution < -0.4 is 9.04 Å². The predicted octanol–water partition coefficient (Wildman–Crippen LogP) is 5.88. The molecule has 7 nitrogen and oxygen atoms in total. The number of alkyl halides is 6. The van der Waals surface area contributed by atoms with Crippen LogP contribution in [0.5, 0.6) is 5.75 Å². The van der Waals surface area contributed by atoms with E-state index < -0.39 is 57.9 Å². The van der Waals surface area contributed by atoms with Crippen molar-refractivity contribution in [1.29, 1.82) is 0 Å². The standard InChI is InChI=1S/C23H17ClF6N2O5S/c1-36-21(33)15-4-8-18(9-5-15)38(34,35)32(20-19(24)10-16(11-31-20)23(28,29)30)12-14-2-6-17(7-3-14)37-13-22(25,26)27/h2-11H,12-13H2,1H3. The van der Waals surface area contributed by atoms with Crippen molar-refractivity contribution in [3.8, 4) is 5.75 Å². The largest absolute Gasteiger partial charge is 0.484 e. The summed E-state index contributed by atoms with van der Waals surface area (Å²) in [6, 6.07) is 9.90. The van der Waals surface area contributed by atoms with Crippen LogP contribution in [0.4, 0.5) is 32.2 Å². The molecule has 15 heteroatoms. The summed E-state index contributed by atoms with van der Waals surface area (Å²) in [7, 11) is -3.41. The summed E-state index contributed by atoms with van der Waals surface area (Å²) in [5.41, 5.74) is -0.952. The lowest BCUT2D eigenvalue weighted by atomic mass is 10.2. The molecular weight excluding hydrogens is 566 g/mol. The number of carbonyl (C=O) groups excluding carboxylic acids is 1. The number of sulfonamides is 1. The maximum Gasteiger partial charge on any atom is 0.422 e. The van der Waals surface area contributed by atoms with Crippen molar-refractivity contribution in [2.24, 2.45) is 0 Å². The third-order valence-electron chi connectivity index (χ3n) is 4.90.